The highest BCUT2D eigenvalue weighted by molar-refractivity contribution is 5.83. The molecule has 0 radical (unpaired) electrons. The molecule has 1 aliphatic carbocycles. The normalized spacial score (nSPS) is 17.2. The number of aryl methyl sites for hydroxylation is 1. The van der Waals surface area contributed by atoms with Gasteiger partial charge in [-0.3, -0.25) is 4.79 Å². The van der Waals surface area contributed by atoms with Crippen LogP contribution in [-0.2, 0) is 10.2 Å². The Labute approximate surface area is 99.0 Å². The van der Waals surface area contributed by atoms with Gasteiger partial charge in [0.25, 0.3) is 0 Å². The predicted octanol–water partition coefficient (Wildman–Crippen LogP) is 3.25. The fourth-order valence-electron chi connectivity index (χ4n) is 2.60. The van der Waals surface area contributed by atoms with Gasteiger partial charge in [0, 0.05) is 10.8 Å². The van der Waals surface area contributed by atoms with Crippen molar-refractivity contribution in [2.45, 2.75) is 31.6 Å². The van der Waals surface area contributed by atoms with Crippen molar-refractivity contribution in [2.24, 2.45) is 0 Å². The standard InChI is InChI=1S/C14H14O3/c1-9-10-4-2-3-5-11(10)17-13(9)14(6-7-14)8-12(15)16/h2-5H,6-8H2,1H3,(H,15,16). The Balaban J connectivity index is 2.12. The minimum Gasteiger partial charge on any atom is -0.481 e. The monoisotopic (exact) mass is 230 g/mol. The first-order valence-corrected chi connectivity index (χ1v) is 5.83. The fraction of sp³-hybridized carbons (Fsp3) is 0.357. The number of fused-ring (bicyclic) bond motifs is 1. The number of aliphatic carboxylic acids is 1. The van der Waals surface area contributed by atoms with Gasteiger partial charge in [0.1, 0.15) is 11.3 Å². The van der Waals surface area contributed by atoms with E-state index in [-0.39, 0.29) is 11.8 Å². The summed E-state index contributed by atoms with van der Waals surface area (Å²) >= 11 is 0. The third-order valence-corrected chi connectivity index (χ3v) is 3.67. The molecule has 1 N–H and O–H groups in total. The summed E-state index contributed by atoms with van der Waals surface area (Å²) in [6, 6.07) is 7.87. The van der Waals surface area contributed by atoms with Crippen molar-refractivity contribution in [2.75, 3.05) is 0 Å². The summed E-state index contributed by atoms with van der Waals surface area (Å²) in [5.41, 5.74) is 1.71. The molecule has 17 heavy (non-hydrogen) atoms. The second kappa shape index (κ2) is 3.36. The van der Waals surface area contributed by atoms with Crippen LogP contribution in [0.15, 0.2) is 28.7 Å². The Morgan fingerprint density at radius 2 is 2.12 bits per heavy atom. The molecule has 88 valence electrons. The molecule has 0 spiro atoms. The molecule has 1 fully saturated rings. The van der Waals surface area contributed by atoms with Crippen molar-refractivity contribution < 1.29 is 14.3 Å². The van der Waals surface area contributed by atoms with E-state index in [1.807, 2.05) is 31.2 Å². The lowest BCUT2D eigenvalue weighted by atomic mass is 9.95. The van der Waals surface area contributed by atoms with Gasteiger partial charge in [-0.1, -0.05) is 18.2 Å². The van der Waals surface area contributed by atoms with Crippen molar-refractivity contribution in [3.05, 3.63) is 35.6 Å². The van der Waals surface area contributed by atoms with Crippen LogP contribution in [0.3, 0.4) is 0 Å². The molecule has 3 heteroatoms. The molecule has 0 bridgehead atoms. The summed E-state index contributed by atoms with van der Waals surface area (Å²) in [7, 11) is 0. The Morgan fingerprint density at radius 1 is 1.41 bits per heavy atom. The quantitative estimate of drug-likeness (QED) is 0.880. The topological polar surface area (TPSA) is 50.4 Å². The lowest BCUT2D eigenvalue weighted by molar-refractivity contribution is -0.137. The first-order chi connectivity index (χ1) is 8.12. The van der Waals surface area contributed by atoms with Crippen LogP contribution < -0.4 is 0 Å². The van der Waals surface area contributed by atoms with Crippen molar-refractivity contribution in [1.29, 1.82) is 0 Å². The maximum atomic E-state index is 10.9. The van der Waals surface area contributed by atoms with Gasteiger partial charge < -0.3 is 9.52 Å². The van der Waals surface area contributed by atoms with Crippen LogP contribution in [0.1, 0.15) is 30.6 Å². The van der Waals surface area contributed by atoms with Crippen LogP contribution in [0.5, 0.6) is 0 Å². The lowest BCUT2D eigenvalue weighted by Crippen LogP contribution is -2.13. The summed E-state index contributed by atoms with van der Waals surface area (Å²) in [5.74, 6) is 0.128. The summed E-state index contributed by atoms with van der Waals surface area (Å²) in [5, 5.41) is 10.1. The number of rotatable bonds is 3. The largest absolute Gasteiger partial charge is 0.481 e. The third-order valence-electron chi connectivity index (χ3n) is 3.67. The first-order valence-electron chi connectivity index (χ1n) is 5.83. The minimum absolute atomic E-state index is 0.174. The molecule has 0 aliphatic heterocycles. The van der Waals surface area contributed by atoms with Gasteiger partial charge in [-0.25, -0.2) is 0 Å². The summed E-state index contributed by atoms with van der Waals surface area (Å²) in [4.78, 5) is 10.9. The van der Waals surface area contributed by atoms with E-state index in [0.29, 0.717) is 0 Å². The molecule has 0 unspecified atom stereocenters. The Bertz CT molecular complexity index is 591. The van der Waals surface area contributed by atoms with Crippen molar-refractivity contribution >= 4 is 16.9 Å². The molecule has 2 aromatic rings. The molecular formula is C14H14O3. The van der Waals surface area contributed by atoms with Crippen molar-refractivity contribution in [3.63, 3.8) is 0 Å². The minimum atomic E-state index is -0.748. The van der Waals surface area contributed by atoms with E-state index in [9.17, 15) is 4.79 Å². The van der Waals surface area contributed by atoms with E-state index in [1.54, 1.807) is 0 Å². The van der Waals surface area contributed by atoms with E-state index >= 15 is 0 Å². The van der Waals surface area contributed by atoms with Gasteiger partial charge in [0.15, 0.2) is 0 Å². The molecule has 0 atom stereocenters. The molecule has 1 heterocycles. The molecule has 0 amide bonds. The number of hydrogen-bond acceptors (Lipinski definition) is 2. The average Bonchev–Trinajstić information content (AvgIpc) is 2.97. The second-order valence-electron chi connectivity index (χ2n) is 4.90. The molecule has 1 aromatic heterocycles. The SMILES string of the molecule is Cc1c(C2(CC(=O)O)CC2)oc2ccccc12. The van der Waals surface area contributed by atoms with E-state index in [4.69, 9.17) is 9.52 Å². The summed E-state index contributed by atoms with van der Waals surface area (Å²) in [6.07, 6.45) is 2.01. The van der Waals surface area contributed by atoms with Gasteiger partial charge in [-0.05, 0) is 31.4 Å². The van der Waals surface area contributed by atoms with Crippen molar-refractivity contribution in [3.8, 4) is 0 Å². The average molecular weight is 230 g/mol. The maximum absolute atomic E-state index is 10.9. The number of carbonyl (C=O) groups is 1. The zero-order valence-electron chi connectivity index (χ0n) is 9.69. The van der Waals surface area contributed by atoms with Crippen LogP contribution in [-0.4, -0.2) is 11.1 Å². The zero-order valence-corrected chi connectivity index (χ0v) is 9.69. The second-order valence-corrected chi connectivity index (χ2v) is 4.90. The van der Waals surface area contributed by atoms with Crippen LogP contribution in [0.25, 0.3) is 11.0 Å². The number of carboxylic acid groups (broad SMARTS) is 1. The Hall–Kier alpha value is -1.77. The van der Waals surface area contributed by atoms with Crippen molar-refractivity contribution in [1.82, 2.24) is 0 Å². The number of carboxylic acids is 1. The van der Waals surface area contributed by atoms with Crippen LogP contribution in [0.4, 0.5) is 0 Å². The zero-order chi connectivity index (χ0) is 12.0. The highest BCUT2D eigenvalue weighted by Gasteiger charge is 2.49. The fourth-order valence-corrected chi connectivity index (χ4v) is 2.60. The maximum Gasteiger partial charge on any atom is 0.304 e. The molecule has 1 aliphatic rings. The Morgan fingerprint density at radius 3 is 2.71 bits per heavy atom. The number of para-hydroxylation sites is 1. The van der Waals surface area contributed by atoms with E-state index in [2.05, 4.69) is 0 Å². The lowest BCUT2D eigenvalue weighted by Gasteiger charge is -2.09. The molecular weight excluding hydrogens is 216 g/mol. The van der Waals surface area contributed by atoms with Crippen LogP contribution in [0.2, 0.25) is 0 Å². The van der Waals surface area contributed by atoms with Gasteiger partial charge >= 0.3 is 5.97 Å². The summed E-state index contributed by atoms with van der Waals surface area (Å²) < 4.78 is 5.86. The third kappa shape index (κ3) is 1.54. The molecule has 1 aromatic carbocycles. The van der Waals surface area contributed by atoms with E-state index in [0.717, 1.165) is 35.1 Å². The number of hydrogen-bond donors (Lipinski definition) is 1. The van der Waals surface area contributed by atoms with E-state index < -0.39 is 5.97 Å². The number of benzene rings is 1. The highest BCUT2D eigenvalue weighted by atomic mass is 16.4. The molecule has 1 saturated carbocycles. The first kappa shape index (κ1) is 10.4. The smallest absolute Gasteiger partial charge is 0.304 e. The highest BCUT2D eigenvalue weighted by Crippen LogP contribution is 2.53. The van der Waals surface area contributed by atoms with Crippen LogP contribution >= 0.6 is 0 Å². The molecule has 0 saturated heterocycles. The van der Waals surface area contributed by atoms with Crippen LogP contribution in [0, 0.1) is 6.92 Å². The van der Waals surface area contributed by atoms with Gasteiger partial charge in [-0.2, -0.15) is 0 Å². The van der Waals surface area contributed by atoms with Gasteiger partial charge in [-0.15, -0.1) is 0 Å². The van der Waals surface area contributed by atoms with E-state index in [1.165, 1.54) is 0 Å². The predicted molar refractivity (Wildman–Crippen MR) is 64.1 cm³/mol. The molecule has 3 rings (SSSR count). The van der Waals surface area contributed by atoms with Gasteiger partial charge in [0.05, 0.1) is 6.42 Å². The molecule has 3 nitrogen and oxygen atoms in total. The van der Waals surface area contributed by atoms with Gasteiger partial charge in [0.2, 0.25) is 0 Å². The summed E-state index contributed by atoms with van der Waals surface area (Å²) in [6.45, 7) is 2.02. The number of furan rings is 1. The Kier molecular flexibility index (Phi) is 2.05.